The lowest BCUT2D eigenvalue weighted by Gasteiger charge is -2.13. The summed E-state index contributed by atoms with van der Waals surface area (Å²) in [6, 6.07) is 11.8. The zero-order chi connectivity index (χ0) is 15.4. The molecular weight excluding hydrogens is 377 g/mol. The standard InChI is InChI=1S/C17H18INO2/c1-11-8-12(2)17(13(3)9-11)21-10-16(20)19-15-7-5-4-6-14(15)18/h4-9H,10H2,1-3H3,(H,19,20). The number of halogens is 1. The van der Waals surface area contributed by atoms with E-state index in [1.807, 2.05) is 45.0 Å². The van der Waals surface area contributed by atoms with Crippen molar-refractivity contribution in [1.29, 1.82) is 0 Å². The first-order chi connectivity index (χ1) is 9.97. The van der Waals surface area contributed by atoms with Crippen LogP contribution in [-0.4, -0.2) is 12.5 Å². The Labute approximate surface area is 138 Å². The van der Waals surface area contributed by atoms with Crippen molar-refractivity contribution < 1.29 is 9.53 Å². The summed E-state index contributed by atoms with van der Waals surface area (Å²) in [5, 5.41) is 2.86. The van der Waals surface area contributed by atoms with E-state index in [0.29, 0.717) is 0 Å². The quantitative estimate of drug-likeness (QED) is 0.787. The molecule has 0 radical (unpaired) electrons. The molecule has 0 aliphatic heterocycles. The van der Waals surface area contributed by atoms with E-state index in [1.54, 1.807) is 0 Å². The van der Waals surface area contributed by atoms with Gasteiger partial charge in [-0.1, -0.05) is 29.8 Å². The highest BCUT2D eigenvalue weighted by Crippen LogP contribution is 2.24. The van der Waals surface area contributed by atoms with Crippen LogP contribution in [0.2, 0.25) is 0 Å². The fourth-order valence-corrected chi connectivity index (χ4v) is 2.80. The molecule has 2 rings (SSSR count). The summed E-state index contributed by atoms with van der Waals surface area (Å²) in [6.45, 7) is 6.05. The van der Waals surface area contributed by atoms with Gasteiger partial charge in [0.25, 0.3) is 5.91 Å². The molecule has 0 aliphatic carbocycles. The van der Waals surface area contributed by atoms with Crippen molar-refractivity contribution in [3.05, 3.63) is 56.7 Å². The van der Waals surface area contributed by atoms with E-state index in [0.717, 1.165) is 26.1 Å². The van der Waals surface area contributed by atoms with Crippen molar-refractivity contribution in [2.45, 2.75) is 20.8 Å². The number of para-hydroxylation sites is 1. The van der Waals surface area contributed by atoms with Crippen LogP contribution >= 0.6 is 22.6 Å². The van der Waals surface area contributed by atoms with E-state index in [1.165, 1.54) is 5.56 Å². The molecule has 0 atom stereocenters. The lowest BCUT2D eigenvalue weighted by Crippen LogP contribution is -2.21. The van der Waals surface area contributed by atoms with E-state index in [-0.39, 0.29) is 12.5 Å². The Morgan fingerprint density at radius 1 is 1.14 bits per heavy atom. The molecule has 2 aromatic carbocycles. The SMILES string of the molecule is Cc1cc(C)c(OCC(=O)Nc2ccccc2I)c(C)c1. The molecule has 4 heteroatoms. The maximum Gasteiger partial charge on any atom is 0.262 e. The third-order valence-electron chi connectivity index (χ3n) is 3.10. The molecule has 0 fully saturated rings. The summed E-state index contributed by atoms with van der Waals surface area (Å²) in [5.41, 5.74) is 4.11. The average Bonchev–Trinajstić information content (AvgIpc) is 2.40. The Hall–Kier alpha value is -1.56. The van der Waals surface area contributed by atoms with Crippen molar-refractivity contribution in [3.63, 3.8) is 0 Å². The Kier molecular flexibility index (Phi) is 5.22. The Bertz CT molecular complexity index is 645. The molecule has 0 bridgehead atoms. The fraction of sp³-hybridized carbons (Fsp3) is 0.235. The zero-order valence-electron chi connectivity index (χ0n) is 12.4. The molecule has 110 valence electrons. The summed E-state index contributed by atoms with van der Waals surface area (Å²) in [5.74, 6) is 0.636. The number of anilines is 1. The second-order valence-electron chi connectivity index (χ2n) is 5.04. The summed E-state index contributed by atoms with van der Waals surface area (Å²) in [6.07, 6.45) is 0. The van der Waals surface area contributed by atoms with Crippen LogP contribution in [-0.2, 0) is 4.79 Å². The third-order valence-corrected chi connectivity index (χ3v) is 4.04. The maximum absolute atomic E-state index is 12.0. The molecule has 1 N–H and O–H groups in total. The highest BCUT2D eigenvalue weighted by atomic mass is 127. The van der Waals surface area contributed by atoms with Gasteiger partial charge in [0.1, 0.15) is 5.75 Å². The lowest BCUT2D eigenvalue weighted by atomic mass is 10.1. The molecule has 0 unspecified atom stereocenters. The topological polar surface area (TPSA) is 38.3 Å². The summed E-state index contributed by atoms with van der Waals surface area (Å²) in [7, 11) is 0. The molecule has 0 spiro atoms. The highest BCUT2D eigenvalue weighted by Gasteiger charge is 2.09. The van der Waals surface area contributed by atoms with E-state index in [4.69, 9.17) is 4.74 Å². The van der Waals surface area contributed by atoms with Gasteiger partial charge in [-0.25, -0.2) is 0 Å². The van der Waals surface area contributed by atoms with Gasteiger partial charge < -0.3 is 10.1 Å². The van der Waals surface area contributed by atoms with Crippen molar-refractivity contribution in [1.82, 2.24) is 0 Å². The third kappa shape index (κ3) is 4.20. The van der Waals surface area contributed by atoms with Crippen molar-refractivity contribution in [2.24, 2.45) is 0 Å². The van der Waals surface area contributed by atoms with Gasteiger partial charge in [0.15, 0.2) is 6.61 Å². The number of carbonyl (C=O) groups excluding carboxylic acids is 1. The Morgan fingerprint density at radius 3 is 2.38 bits per heavy atom. The maximum atomic E-state index is 12.0. The van der Waals surface area contributed by atoms with Crippen LogP contribution < -0.4 is 10.1 Å². The van der Waals surface area contributed by atoms with Crippen LogP contribution in [0, 0.1) is 24.3 Å². The van der Waals surface area contributed by atoms with Gasteiger partial charge in [-0.15, -0.1) is 0 Å². The van der Waals surface area contributed by atoms with E-state index >= 15 is 0 Å². The second kappa shape index (κ2) is 6.93. The van der Waals surface area contributed by atoms with Gasteiger partial charge >= 0.3 is 0 Å². The first kappa shape index (κ1) is 15.8. The molecule has 21 heavy (non-hydrogen) atoms. The molecule has 0 saturated heterocycles. The van der Waals surface area contributed by atoms with Crippen LogP contribution in [0.4, 0.5) is 5.69 Å². The number of hydrogen-bond acceptors (Lipinski definition) is 2. The number of ether oxygens (including phenoxy) is 1. The van der Waals surface area contributed by atoms with Crippen molar-refractivity contribution >= 4 is 34.2 Å². The fourth-order valence-electron chi connectivity index (χ4n) is 2.28. The predicted molar refractivity (Wildman–Crippen MR) is 93.9 cm³/mol. The van der Waals surface area contributed by atoms with E-state index < -0.39 is 0 Å². The van der Waals surface area contributed by atoms with Crippen LogP contribution in [0.25, 0.3) is 0 Å². The predicted octanol–water partition coefficient (Wildman–Crippen LogP) is 4.23. The van der Waals surface area contributed by atoms with Gasteiger partial charge in [-0.3, -0.25) is 4.79 Å². The normalized spacial score (nSPS) is 10.3. The van der Waals surface area contributed by atoms with Gasteiger partial charge in [-0.05, 0) is 66.6 Å². The van der Waals surface area contributed by atoms with Crippen molar-refractivity contribution in [3.8, 4) is 5.75 Å². The minimum absolute atomic E-state index is 0.00964. The monoisotopic (exact) mass is 395 g/mol. The smallest absolute Gasteiger partial charge is 0.262 e. The molecule has 0 heterocycles. The molecule has 0 aliphatic rings. The van der Waals surface area contributed by atoms with Gasteiger partial charge in [-0.2, -0.15) is 0 Å². The highest BCUT2D eigenvalue weighted by molar-refractivity contribution is 14.1. The number of amides is 1. The van der Waals surface area contributed by atoms with Crippen LogP contribution in [0.1, 0.15) is 16.7 Å². The van der Waals surface area contributed by atoms with Gasteiger partial charge in [0.05, 0.1) is 5.69 Å². The molecular formula is C17H18INO2. The number of nitrogens with one attached hydrogen (secondary N) is 1. The van der Waals surface area contributed by atoms with Gasteiger partial charge in [0.2, 0.25) is 0 Å². The minimum Gasteiger partial charge on any atom is -0.483 e. The van der Waals surface area contributed by atoms with E-state index in [9.17, 15) is 4.79 Å². The van der Waals surface area contributed by atoms with Crippen LogP contribution in [0.15, 0.2) is 36.4 Å². The molecule has 2 aromatic rings. The summed E-state index contributed by atoms with van der Waals surface area (Å²) >= 11 is 2.19. The summed E-state index contributed by atoms with van der Waals surface area (Å²) in [4.78, 5) is 12.0. The zero-order valence-corrected chi connectivity index (χ0v) is 14.5. The Balaban J connectivity index is 2.01. The number of benzene rings is 2. The minimum atomic E-state index is -0.154. The first-order valence-electron chi connectivity index (χ1n) is 6.72. The van der Waals surface area contributed by atoms with Crippen LogP contribution in [0.5, 0.6) is 5.75 Å². The molecule has 0 aromatic heterocycles. The van der Waals surface area contributed by atoms with Gasteiger partial charge in [0, 0.05) is 3.57 Å². The second-order valence-corrected chi connectivity index (χ2v) is 6.21. The lowest BCUT2D eigenvalue weighted by molar-refractivity contribution is -0.118. The average molecular weight is 395 g/mol. The number of carbonyl (C=O) groups is 1. The molecule has 3 nitrogen and oxygen atoms in total. The number of rotatable bonds is 4. The summed E-state index contributed by atoms with van der Waals surface area (Å²) < 4.78 is 6.69. The first-order valence-corrected chi connectivity index (χ1v) is 7.80. The molecule has 0 saturated carbocycles. The van der Waals surface area contributed by atoms with Crippen molar-refractivity contribution in [2.75, 3.05) is 11.9 Å². The number of aryl methyl sites for hydroxylation is 3. The Morgan fingerprint density at radius 2 is 1.76 bits per heavy atom. The molecule has 1 amide bonds. The number of hydrogen-bond donors (Lipinski definition) is 1. The largest absolute Gasteiger partial charge is 0.483 e. The van der Waals surface area contributed by atoms with Crippen LogP contribution in [0.3, 0.4) is 0 Å². The van der Waals surface area contributed by atoms with E-state index in [2.05, 4.69) is 40.0 Å².